The molecule has 2 aromatic heterocycles. The van der Waals surface area contributed by atoms with Gasteiger partial charge < -0.3 is 5.32 Å². The molecular weight excluding hydrogens is 206 g/mol. The van der Waals surface area contributed by atoms with Gasteiger partial charge >= 0.3 is 0 Å². The maximum atomic E-state index is 11.5. The van der Waals surface area contributed by atoms with E-state index in [0.717, 1.165) is 12.8 Å². The van der Waals surface area contributed by atoms with Crippen molar-refractivity contribution in [3.63, 3.8) is 0 Å². The van der Waals surface area contributed by atoms with Crippen LogP contribution in [0.1, 0.15) is 18.7 Å². The predicted molar refractivity (Wildman–Crippen MR) is 56.9 cm³/mol. The standard InChI is InChI=1S/C10H11N5O/c1-6-12-9-4-8(11-5-15(9)14-6)13-10(16)7-2-3-7/h4-5,7H,2-3H2,1H3,(H,13,16). The van der Waals surface area contributed by atoms with Gasteiger partial charge in [0, 0.05) is 12.0 Å². The lowest BCUT2D eigenvalue weighted by atomic mass is 10.4. The molecule has 16 heavy (non-hydrogen) atoms. The van der Waals surface area contributed by atoms with Crippen LogP contribution in [-0.4, -0.2) is 25.5 Å². The molecule has 1 amide bonds. The summed E-state index contributed by atoms with van der Waals surface area (Å²) < 4.78 is 1.59. The summed E-state index contributed by atoms with van der Waals surface area (Å²) in [5.41, 5.74) is 0.693. The van der Waals surface area contributed by atoms with Crippen molar-refractivity contribution in [2.24, 2.45) is 5.92 Å². The van der Waals surface area contributed by atoms with E-state index in [4.69, 9.17) is 0 Å². The van der Waals surface area contributed by atoms with Gasteiger partial charge in [-0.3, -0.25) is 4.79 Å². The predicted octanol–water partition coefficient (Wildman–Crippen LogP) is 0.781. The topological polar surface area (TPSA) is 72.2 Å². The number of aromatic nitrogens is 4. The van der Waals surface area contributed by atoms with Gasteiger partial charge in [0.25, 0.3) is 0 Å². The molecule has 6 heteroatoms. The largest absolute Gasteiger partial charge is 0.310 e. The van der Waals surface area contributed by atoms with E-state index in [9.17, 15) is 4.79 Å². The monoisotopic (exact) mass is 217 g/mol. The van der Waals surface area contributed by atoms with Crippen LogP contribution in [0.3, 0.4) is 0 Å². The van der Waals surface area contributed by atoms with Gasteiger partial charge in [-0.25, -0.2) is 14.5 Å². The van der Waals surface area contributed by atoms with E-state index in [2.05, 4.69) is 20.4 Å². The zero-order chi connectivity index (χ0) is 11.1. The lowest BCUT2D eigenvalue weighted by Gasteiger charge is -2.02. The molecule has 0 saturated heterocycles. The lowest BCUT2D eigenvalue weighted by Crippen LogP contribution is -2.14. The van der Waals surface area contributed by atoms with Crippen LogP contribution >= 0.6 is 0 Å². The first kappa shape index (κ1) is 9.26. The third kappa shape index (κ3) is 1.62. The third-order valence-electron chi connectivity index (χ3n) is 2.53. The summed E-state index contributed by atoms with van der Waals surface area (Å²) >= 11 is 0. The maximum absolute atomic E-state index is 11.5. The minimum absolute atomic E-state index is 0.0492. The fourth-order valence-corrected chi connectivity index (χ4v) is 1.55. The number of nitrogens with one attached hydrogen (secondary N) is 1. The van der Waals surface area contributed by atoms with Gasteiger partial charge in [0.15, 0.2) is 5.65 Å². The van der Waals surface area contributed by atoms with Gasteiger partial charge in [-0.2, -0.15) is 5.10 Å². The first-order valence-corrected chi connectivity index (χ1v) is 5.22. The highest BCUT2D eigenvalue weighted by atomic mass is 16.2. The normalized spacial score (nSPS) is 15.3. The molecule has 1 N–H and O–H groups in total. The molecule has 1 aliphatic carbocycles. The number of anilines is 1. The number of aryl methyl sites for hydroxylation is 1. The smallest absolute Gasteiger partial charge is 0.228 e. The quantitative estimate of drug-likeness (QED) is 0.806. The second kappa shape index (κ2) is 3.26. The van der Waals surface area contributed by atoms with E-state index >= 15 is 0 Å². The number of rotatable bonds is 2. The van der Waals surface area contributed by atoms with Crippen molar-refractivity contribution in [3.05, 3.63) is 18.2 Å². The summed E-state index contributed by atoms with van der Waals surface area (Å²) in [4.78, 5) is 19.8. The number of hydrogen-bond donors (Lipinski definition) is 1. The van der Waals surface area contributed by atoms with Gasteiger partial charge in [-0.15, -0.1) is 0 Å². The van der Waals surface area contributed by atoms with Crippen LogP contribution in [0.15, 0.2) is 12.4 Å². The van der Waals surface area contributed by atoms with Crippen molar-refractivity contribution < 1.29 is 4.79 Å². The van der Waals surface area contributed by atoms with Crippen molar-refractivity contribution in [1.82, 2.24) is 19.6 Å². The van der Waals surface area contributed by atoms with Crippen molar-refractivity contribution in [1.29, 1.82) is 0 Å². The highest BCUT2D eigenvalue weighted by Crippen LogP contribution is 2.29. The molecule has 0 atom stereocenters. The Bertz CT molecular complexity index is 557. The molecular formula is C10H11N5O. The summed E-state index contributed by atoms with van der Waals surface area (Å²) in [6, 6.07) is 1.72. The Morgan fingerprint density at radius 2 is 2.38 bits per heavy atom. The molecule has 1 saturated carbocycles. The Kier molecular flexibility index (Phi) is 1.89. The molecule has 0 aliphatic heterocycles. The van der Waals surface area contributed by atoms with Crippen LogP contribution in [0.2, 0.25) is 0 Å². The summed E-state index contributed by atoms with van der Waals surface area (Å²) in [6.45, 7) is 1.81. The van der Waals surface area contributed by atoms with Crippen LogP contribution in [-0.2, 0) is 4.79 Å². The fourth-order valence-electron chi connectivity index (χ4n) is 1.55. The molecule has 82 valence electrons. The van der Waals surface area contributed by atoms with Crippen molar-refractivity contribution in [2.75, 3.05) is 5.32 Å². The first-order valence-electron chi connectivity index (χ1n) is 5.22. The fraction of sp³-hybridized carbons (Fsp3) is 0.400. The molecule has 2 heterocycles. The zero-order valence-corrected chi connectivity index (χ0v) is 8.84. The first-order chi connectivity index (χ1) is 7.72. The number of fused-ring (bicyclic) bond motifs is 1. The average Bonchev–Trinajstić information content (AvgIpc) is 3.01. The molecule has 6 nitrogen and oxygen atoms in total. The van der Waals surface area contributed by atoms with E-state index in [1.54, 1.807) is 16.9 Å². The van der Waals surface area contributed by atoms with E-state index < -0.39 is 0 Å². The molecule has 1 aliphatic rings. The molecule has 0 unspecified atom stereocenters. The SMILES string of the molecule is Cc1nc2cc(NC(=O)C3CC3)ncn2n1. The van der Waals surface area contributed by atoms with E-state index in [1.807, 2.05) is 6.92 Å². The summed E-state index contributed by atoms with van der Waals surface area (Å²) in [7, 11) is 0. The number of nitrogens with zero attached hydrogens (tertiary/aromatic N) is 4. The van der Waals surface area contributed by atoms with Gasteiger partial charge in [-0.1, -0.05) is 0 Å². The second-order valence-corrected chi connectivity index (χ2v) is 4.00. The van der Waals surface area contributed by atoms with E-state index in [-0.39, 0.29) is 11.8 Å². The zero-order valence-electron chi connectivity index (χ0n) is 8.84. The van der Waals surface area contributed by atoms with Crippen molar-refractivity contribution >= 4 is 17.4 Å². The highest BCUT2D eigenvalue weighted by Gasteiger charge is 2.29. The van der Waals surface area contributed by atoms with Crippen LogP contribution in [0.25, 0.3) is 5.65 Å². The van der Waals surface area contributed by atoms with Crippen LogP contribution in [0.4, 0.5) is 5.82 Å². The molecule has 3 rings (SSSR count). The molecule has 0 bridgehead atoms. The van der Waals surface area contributed by atoms with E-state index in [0.29, 0.717) is 17.3 Å². The Morgan fingerprint density at radius 3 is 3.12 bits per heavy atom. The van der Waals surface area contributed by atoms with Gasteiger partial charge in [-0.05, 0) is 19.8 Å². The molecule has 0 radical (unpaired) electrons. The highest BCUT2D eigenvalue weighted by molar-refractivity contribution is 5.93. The maximum Gasteiger partial charge on any atom is 0.228 e. The molecule has 2 aromatic rings. The van der Waals surface area contributed by atoms with E-state index in [1.165, 1.54) is 0 Å². The third-order valence-corrected chi connectivity index (χ3v) is 2.53. The molecule has 0 spiro atoms. The Labute approximate surface area is 91.7 Å². The Hall–Kier alpha value is -1.98. The van der Waals surface area contributed by atoms with Crippen molar-refractivity contribution in [3.8, 4) is 0 Å². The minimum atomic E-state index is 0.0492. The van der Waals surface area contributed by atoms with Gasteiger partial charge in [0.1, 0.15) is 18.0 Å². The molecule has 0 aromatic carbocycles. The number of hydrogen-bond acceptors (Lipinski definition) is 4. The number of carbonyl (C=O) groups is 1. The minimum Gasteiger partial charge on any atom is -0.310 e. The summed E-state index contributed by atoms with van der Waals surface area (Å²) in [5.74, 6) is 1.45. The lowest BCUT2D eigenvalue weighted by molar-refractivity contribution is -0.117. The number of carbonyl (C=O) groups excluding carboxylic acids is 1. The summed E-state index contributed by atoms with van der Waals surface area (Å²) in [5, 5.41) is 6.89. The Morgan fingerprint density at radius 1 is 1.56 bits per heavy atom. The van der Waals surface area contributed by atoms with Crippen molar-refractivity contribution in [2.45, 2.75) is 19.8 Å². The van der Waals surface area contributed by atoms with Gasteiger partial charge in [0.05, 0.1) is 0 Å². The summed E-state index contributed by atoms with van der Waals surface area (Å²) in [6.07, 6.45) is 3.52. The second-order valence-electron chi connectivity index (χ2n) is 4.00. The average molecular weight is 217 g/mol. The van der Waals surface area contributed by atoms with Crippen LogP contribution in [0.5, 0.6) is 0 Å². The van der Waals surface area contributed by atoms with Gasteiger partial charge in [0.2, 0.25) is 5.91 Å². The number of amides is 1. The molecule has 1 fully saturated rings. The van der Waals surface area contributed by atoms with Crippen LogP contribution in [0, 0.1) is 12.8 Å². The van der Waals surface area contributed by atoms with Crippen LogP contribution < -0.4 is 5.32 Å². The Balaban J connectivity index is 1.88.